The van der Waals surface area contributed by atoms with E-state index >= 15 is 0 Å². The van der Waals surface area contributed by atoms with Crippen molar-refractivity contribution in [2.75, 3.05) is 7.11 Å². The zero-order chi connectivity index (χ0) is 17.9. The summed E-state index contributed by atoms with van der Waals surface area (Å²) >= 11 is -0.194. The van der Waals surface area contributed by atoms with E-state index in [1.807, 2.05) is 42.6 Å². The Balaban J connectivity index is 1.73. The molecule has 0 amide bonds. The van der Waals surface area contributed by atoms with E-state index in [4.69, 9.17) is 4.74 Å². The first-order valence-electron chi connectivity index (χ1n) is 8.20. The molecule has 6 heteroatoms. The van der Waals surface area contributed by atoms with Crippen LogP contribution in [0.25, 0.3) is 22.2 Å². The van der Waals surface area contributed by atoms with Gasteiger partial charge in [0, 0.05) is 0 Å². The summed E-state index contributed by atoms with van der Waals surface area (Å²) in [6, 6.07) is 13.9. The van der Waals surface area contributed by atoms with Crippen molar-refractivity contribution >= 4 is 31.0 Å². The number of pyridine rings is 2. The molecule has 3 aromatic heterocycles. The van der Waals surface area contributed by atoms with Crippen LogP contribution in [-0.2, 0) is 5.21 Å². The molecule has 26 heavy (non-hydrogen) atoms. The van der Waals surface area contributed by atoms with Crippen molar-refractivity contribution in [3.63, 3.8) is 0 Å². The number of methoxy groups -OCH3 is 1. The molecule has 0 bridgehead atoms. The molecule has 0 saturated carbocycles. The van der Waals surface area contributed by atoms with Gasteiger partial charge in [0.2, 0.25) is 0 Å². The second-order valence-electron chi connectivity index (χ2n) is 5.88. The summed E-state index contributed by atoms with van der Waals surface area (Å²) in [4.78, 5) is 22.9. The first-order chi connectivity index (χ1) is 12.7. The van der Waals surface area contributed by atoms with Crippen LogP contribution in [0.15, 0.2) is 65.8 Å². The predicted molar refractivity (Wildman–Crippen MR) is 104 cm³/mol. The molecule has 0 aliphatic heterocycles. The Bertz CT molecular complexity index is 1100. The van der Waals surface area contributed by atoms with E-state index in [0.29, 0.717) is 0 Å². The summed E-state index contributed by atoms with van der Waals surface area (Å²) in [6.07, 6.45) is 5.39. The number of hydrogen-bond donors (Lipinski definition) is 2. The third-order valence-corrected chi connectivity index (χ3v) is 6.79. The molecule has 5 nitrogen and oxygen atoms in total. The van der Waals surface area contributed by atoms with Gasteiger partial charge in [0.25, 0.3) is 0 Å². The summed E-state index contributed by atoms with van der Waals surface area (Å²) < 4.78 is 6.39. The van der Waals surface area contributed by atoms with Gasteiger partial charge in [-0.25, -0.2) is 0 Å². The Morgan fingerprint density at radius 1 is 1.19 bits per heavy atom. The molecule has 4 aromatic rings. The van der Waals surface area contributed by atoms with Crippen LogP contribution in [0.4, 0.5) is 0 Å². The number of rotatable bonds is 5. The number of nitrogens with zero attached hydrogens (tertiary/aromatic N) is 1. The average molecular weight is 406 g/mol. The molecule has 4 rings (SSSR count). The summed E-state index contributed by atoms with van der Waals surface area (Å²) in [5, 5.41) is 1.95. The first kappa shape index (κ1) is 16.7. The molecule has 0 aliphatic rings. The maximum atomic E-state index is 12.6. The molecule has 1 radical (unpaired) electrons. The second kappa shape index (κ2) is 7.22. The topological polar surface area (TPSA) is 70.8 Å². The van der Waals surface area contributed by atoms with Crippen LogP contribution < -0.4 is 14.6 Å². The van der Waals surface area contributed by atoms with Gasteiger partial charge in [0.1, 0.15) is 0 Å². The Morgan fingerprint density at radius 3 is 2.92 bits per heavy atom. The number of aromatic amines is 2. The van der Waals surface area contributed by atoms with Gasteiger partial charge >= 0.3 is 157 Å². The van der Waals surface area contributed by atoms with Crippen molar-refractivity contribution in [1.29, 1.82) is 0 Å². The Hall–Kier alpha value is -2.78. The number of nitrogens with one attached hydrogen (secondary N) is 2. The van der Waals surface area contributed by atoms with E-state index in [1.165, 1.54) is 5.56 Å². The molecule has 0 atom stereocenters. The second-order valence-corrected chi connectivity index (χ2v) is 8.22. The van der Waals surface area contributed by atoms with Gasteiger partial charge in [0.15, 0.2) is 0 Å². The normalized spacial score (nSPS) is 11.4. The van der Waals surface area contributed by atoms with Crippen LogP contribution in [0, 0.1) is 0 Å². The molecule has 2 N–H and O–H groups in total. The Kier molecular flexibility index (Phi) is 4.63. The summed E-state index contributed by atoms with van der Waals surface area (Å²) in [5.41, 5.74) is 3.68. The van der Waals surface area contributed by atoms with Gasteiger partial charge in [-0.05, 0) is 0 Å². The fourth-order valence-corrected chi connectivity index (χ4v) is 5.21. The van der Waals surface area contributed by atoms with Gasteiger partial charge in [-0.3, -0.25) is 0 Å². The van der Waals surface area contributed by atoms with Crippen LogP contribution in [-0.4, -0.2) is 37.8 Å². The van der Waals surface area contributed by atoms with Crippen LogP contribution >= 0.6 is 0 Å². The summed E-state index contributed by atoms with van der Waals surface area (Å²) in [7, 11) is 1.65. The van der Waals surface area contributed by atoms with Gasteiger partial charge in [-0.2, -0.15) is 0 Å². The summed E-state index contributed by atoms with van der Waals surface area (Å²) in [5.74, 6) is 0.799. The number of ether oxygens (including phenoxy) is 1. The fourth-order valence-electron chi connectivity index (χ4n) is 2.90. The zero-order valence-corrected chi connectivity index (χ0v) is 16.1. The van der Waals surface area contributed by atoms with Crippen molar-refractivity contribution in [3.8, 4) is 17.0 Å². The SMILES string of the molecule is COc1ccc2[nH]c(-c3c([As]Cc4cccnc4)cc[nH]c3=O)cc2c1. The zero-order valence-electron chi connectivity index (χ0n) is 14.2. The number of fused-ring (bicyclic) bond motifs is 1. The third kappa shape index (κ3) is 3.31. The number of H-pyrrole nitrogens is 2. The third-order valence-electron chi connectivity index (χ3n) is 4.19. The first-order valence-corrected chi connectivity index (χ1v) is 10.5. The van der Waals surface area contributed by atoms with E-state index in [-0.39, 0.29) is 21.3 Å². The van der Waals surface area contributed by atoms with Crippen molar-refractivity contribution in [2.24, 2.45) is 0 Å². The standard InChI is InChI=1S/C20H17AsN3O2/c1-26-15-4-5-17-14(9-15)10-18(24-17)19-16(6-8-23-20(19)25)21-11-13-3-2-7-22-12-13/h2-10,12,24H,11H2,1H3,(H,23,25). The number of benzene rings is 1. The number of hydrogen-bond acceptors (Lipinski definition) is 3. The maximum absolute atomic E-state index is 12.6. The van der Waals surface area contributed by atoms with Gasteiger partial charge in [-0.15, -0.1) is 0 Å². The molecular weight excluding hydrogens is 389 g/mol. The Labute approximate surface area is 157 Å². The molecule has 129 valence electrons. The van der Waals surface area contributed by atoms with Crippen LogP contribution in [0.2, 0.25) is 0 Å². The molecule has 0 unspecified atom stereocenters. The van der Waals surface area contributed by atoms with Gasteiger partial charge in [-0.1, -0.05) is 0 Å². The molecular formula is C20H17AsN3O2. The number of aromatic nitrogens is 3. The van der Waals surface area contributed by atoms with E-state index in [2.05, 4.69) is 21.0 Å². The van der Waals surface area contributed by atoms with Crippen molar-refractivity contribution in [1.82, 2.24) is 15.0 Å². The van der Waals surface area contributed by atoms with Crippen LogP contribution in [0.5, 0.6) is 5.75 Å². The van der Waals surface area contributed by atoms with E-state index in [9.17, 15) is 4.79 Å². The quantitative estimate of drug-likeness (QED) is 0.501. The molecule has 1 aromatic carbocycles. The van der Waals surface area contributed by atoms with Gasteiger partial charge < -0.3 is 0 Å². The molecule has 0 spiro atoms. The molecule has 0 fully saturated rings. The van der Waals surface area contributed by atoms with Crippen molar-refractivity contribution in [2.45, 2.75) is 5.21 Å². The van der Waals surface area contributed by atoms with E-state index < -0.39 is 0 Å². The van der Waals surface area contributed by atoms with Crippen LogP contribution in [0.3, 0.4) is 0 Å². The van der Waals surface area contributed by atoms with Gasteiger partial charge in [0.05, 0.1) is 0 Å². The van der Waals surface area contributed by atoms with Crippen LogP contribution in [0.1, 0.15) is 5.56 Å². The predicted octanol–water partition coefficient (Wildman–Crippen LogP) is 2.46. The monoisotopic (exact) mass is 406 g/mol. The van der Waals surface area contributed by atoms with E-state index in [1.54, 1.807) is 19.5 Å². The summed E-state index contributed by atoms with van der Waals surface area (Å²) in [6.45, 7) is 0. The molecule has 0 aliphatic carbocycles. The van der Waals surface area contributed by atoms with Crippen molar-refractivity contribution < 1.29 is 4.74 Å². The fraction of sp³-hybridized carbons (Fsp3) is 0.100. The van der Waals surface area contributed by atoms with E-state index in [0.717, 1.165) is 37.5 Å². The van der Waals surface area contributed by atoms with Crippen molar-refractivity contribution in [3.05, 3.63) is 77.0 Å². The molecule has 0 saturated heterocycles. The Morgan fingerprint density at radius 2 is 2.12 bits per heavy atom. The average Bonchev–Trinajstić information content (AvgIpc) is 3.09. The minimum atomic E-state index is -0.194. The molecule has 3 heterocycles. The minimum absolute atomic E-state index is 0.0671.